The Balaban J connectivity index is 1.68. The minimum atomic E-state index is -0.571. The summed E-state index contributed by atoms with van der Waals surface area (Å²) in [6, 6.07) is 8.21. The normalized spacial score (nSPS) is 11.7. The van der Waals surface area contributed by atoms with Crippen LogP contribution in [0.1, 0.15) is 11.5 Å². The molecule has 0 fully saturated rings. The number of aromatic nitrogens is 4. The average Bonchev–Trinajstić information content (AvgIpc) is 3.07. The molecule has 0 aliphatic rings. The fraction of sp³-hybridized carbons (Fsp3) is 0.133. The smallest absolute Gasteiger partial charge is 0.328 e. The molecule has 3 aromatic rings. The number of rotatable bonds is 6. The van der Waals surface area contributed by atoms with Crippen LogP contribution in [0.25, 0.3) is 0 Å². The van der Waals surface area contributed by atoms with Crippen molar-refractivity contribution in [2.75, 3.05) is 5.75 Å². The van der Waals surface area contributed by atoms with E-state index < -0.39 is 11.2 Å². The third-order valence-corrected chi connectivity index (χ3v) is 4.45. The van der Waals surface area contributed by atoms with Crippen molar-refractivity contribution < 1.29 is 9.62 Å². The highest BCUT2D eigenvalue weighted by Crippen LogP contribution is 2.22. The largest absolute Gasteiger partial charge is 0.414 e. The molecule has 1 aromatic carbocycles. The first-order valence-electron chi connectivity index (χ1n) is 7.27. The number of benzene rings is 1. The first-order chi connectivity index (χ1) is 12.6. The second-order valence-electron chi connectivity index (χ2n) is 5.01. The zero-order valence-electron chi connectivity index (χ0n) is 13.1. The van der Waals surface area contributed by atoms with Gasteiger partial charge < -0.3 is 9.62 Å². The molecule has 11 heteroatoms. The number of H-pyrrole nitrogens is 1. The number of halogens is 1. The van der Waals surface area contributed by atoms with E-state index in [0.717, 1.165) is 11.8 Å². The van der Waals surface area contributed by atoms with Crippen molar-refractivity contribution in [2.45, 2.75) is 11.8 Å². The Labute approximate surface area is 155 Å². The molecule has 0 bridgehead atoms. The van der Waals surface area contributed by atoms with Crippen LogP contribution >= 0.6 is 23.4 Å². The van der Waals surface area contributed by atoms with Gasteiger partial charge in [0, 0.05) is 28.6 Å². The van der Waals surface area contributed by atoms with Gasteiger partial charge in [0.05, 0.1) is 5.71 Å². The zero-order valence-corrected chi connectivity index (χ0v) is 14.7. The molecule has 0 unspecified atom stereocenters. The summed E-state index contributed by atoms with van der Waals surface area (Å²) in [5.74, 6) is 0.447. The van der Waals surface area contributed by atoms with Crippen LogP contribution in [0.2, 0.25) is 5.02 Å². The van der Waals surface area contributed by atoms with Crippen LogP contribution < -0.4 is 11.2 Å². The molecule has 0 radical (unpaired) electrons. The lowest BCUT2D eigenvalue weighted by Crippen LogP contribution is -2.28. The molecule has 0 saturated heterocycles. The fourth-order valence-corrected chi connectivity index (χ4v) is 3.03. The van der Waals surface area contributed by atoms with Crippen LogP contribution in [0.4, 0.5) is 0 Å². The lowest BCUT2D eigenvalue weighted by molar-refractivity contribution is 0.319. The number of hydrogen-bond acceptors (Lipinski definition) is 8. The Bertz CT molecular complexity index is 1060. The van der Waals surface area contributed by atoms with Crippen LogP contribution in [0, 0.1) is 0 Å². The van der Waals surface area contributed by atoms with E-state index in [0.29, 0.717) is 16.3 Å². The van der Waals surface area contributed by atoms with E-state index in [1.165, 1.54) is 16.8 Å². The third kappa shape index (κ3) is 4.21. The lowest BCUT2D eigenvalue weighted by Gasteiger charge is -2.04. The van der Waals surface area contributed by atoms with Crippen LogP contribution in [0.5, 0.6) is 0 Å². The molecule has 0 amide bonds. The first kappa shape index (κ1) is 18.0. The summed E-state index contributed by atoms with van der Waals surface area (Å²) in [5.41, 5.74) is -0.0948. The van der Waals surface area contributed by atoms with Gasteiger partial charge in [-0.2, -0.15) is 0 Å². The van der Waals surface area contributed by atoms with Gasteiger partial charge in [0.2, 0.25) is 5.89 Å². The summed E-state index contributed by atoms with van der Waals surface area (Å²) < 4.78 is 6.68. The molecule has 2 heterocycles. The van der Waals surface area contributed by atoms with Crippen molar-refractivity contribution in [1.29, 1.82) is 0 Å². The van der Waals surface area contributed by atoms with Gasteiger partial charge in [0.1, 0.15) is 6.54 Å². The van der Waals surface area contributed by atoms with Crippen LogP contribution in [-0.2, 0) is 6.54 Å². The molecule has 3 rings (SSSR count). The van der Waals surface area contributed by atoms with E-state index >= 15 is 0 Å². The molecule has 0 spiro atoms. The molecule has 2 aromatic heterocycles. The third-order valence-electron chi connectivity index (χ3n) is 3.29. The molecule has 0 atom stereocenters. The molecule has 134 valence electrons. The van der Waals surface area contributed by atoms with E-state index in [-0.39, 0.29) is 23.4 Å². The molecule has 0 aliphatic carbocycles. The molecular weight excluding hydrogens is 382 g/mol. The predicted molar refractivity (Wildman–Crippen MR) is 95.2 cm³/mol. The maximum atomic E-state index is 11.7. The van der Waals surface area contributed by atoms with Crippen molar-refractivity contribution in [3.63, 3.8) is 0 Å². The van der Waals surface area contributed by atoms with Gasteiger partial charge in [-0.1, -0.05) is 46.7 Å². The first-order valence-corrected chi connectivity index (χ1v) is 8.64. The molecular formula is C15H12ClN5O4S. The number of oxime groups is 1. The summed E-state index contributed by atoms with van der Waals surface area (Å²) in [6.45, 7) is 0.0225. The number of aromatic amines is 1. The van der Waals surface area contributed by atoms with Gasteiger partial charge in [-0.25, -0.2) is 4.79 Å². The van der Waals surface area contributed by atoms with Gasteiger partial charge in [-0.3, -0.25) is 14.3 Å². The summed E-state index contributed by atoms with van der Waals surface area (Å²) in [7, 11) is 0. The second-order valence-corrected chi connectivity index (χ2v) is 6.35. The molecule has 26 heavy (non-hydrogen) atoms. The van der Waals surface area contributed by atoms with E-state index in [9.17, 15) is 14.8 Å². The summed E-state index contributed by atoms with van der Waals surface area (Å²) >= 11 is 7.25. The quantitative estimate of drug-likeness (QED) is 0.282. The molecule has 0 aliphatic heterocycles. The number of nitrogens with one attached hydrogen (secondary N) is 1. The second kappa shape index (κ2) is 8.02. The fourth-order valence-electron chi connectivity index (χ4n) is 2.06. The Kier molecular flexibility index (Phi) is 5.54. The lowest BCUT2D eigenvalue weighted by atomic mass is 10.1. The average molecular weight is 394 g/mol. The number of nitrogens with zero attached hydrogens (tertiary/aromatic N) is 4. The van der Waals surface area contributed by atoms with Crippen molar-refractivity contribution in [2.24, 2.45) is 5.16 Å². The van der Waals surface area contributed by atoms with Crippen LogP contribution in [-0.4, -0.2) is 36.4 Å². The summed E-state index contributed by atoms with van der Waals surface area (Å²) in [6.07, 6.45) is 1.34. The Hall–Kier alpha value is -2.85. The molecule has 2 N–H and O–H groups in total. The Morgan fingerprint density at radius 1 is 1.31 bits per heavy atom. The number of thioether (sulfide) groups is 1. The zero-order chi connectivity index (χ0) is 18.5. The van der Waals surface area contributed by atoms with Gasteiger partial charge >= 0.3 is 5.69 Å². The molecule has 9 nitrogen and oxygen atoms in total. The highest BCUT2D eigenvalue weighted by atomic mass is 35.5. The molecule has 0 saturated carbocycles. The van der Waals surface area contributed by atoms with Crippen molar-refractivity contribution >= 4 is 29.1 Å². The van der Waals surface area contributed by atoms with E-state index in [1.807, 2.05) is 0 Å². The van der Waals surface area contributed by atoms with Gasteiger partial charge in [0.15, 0.2) is 0 Å². The predicted octanol–water partition coefficient (Wildman–Crippen LogP) is 1.59. The summed E-state index contributed by atoms with van der Waals surface area (Å²) in [4.78, 5) is 24.8. The topological polar surface area (TPSA) is 126 Å². The van der Waals surface area contributed by atoms with Crippen LogP contribution in [0.3, 0.4) is 0 Å². The maximum Gasteiger partial charge on any atom is 0.328 e. The van der Waals surface area contributed by atoms with Crippen LogP contribution in [0.15, 0.2) is 60.9 Å². The van der Waals surface area contributed by atoms with Gasteiger partial charge in [0.25, 0.3) is 10.8 Å². The Morgan fingerprint density at radius 2 is 2.12 bits per heavy atom. The van der Waals surface area contributed by atoms with E-state index in [1.54, 1.807) is 24.3 Å². The van der Waals surface area contributed by atoms with Crippen molar-refractivity contribution in [3.05, 3.63) is 73.8 Å². The summed E-state index contributed by atoms with van der Waals surface area (Å²) in [5, 5.41) is 20.9. The minimum Gasteiger partial charge on any atom is -0.414 e. The van der Waals surface area contributed by atoms with Gasteiger partial charge in [-0.05, 0) is 6.07 Å². The SMILES string of the molecule is O=c1ccn(Cc2nnc(SC/C(=N/O)c3ccccc3Cl)o2)c(=O)[nH]1. The van der Waals surface area contributed by atoms with E-state index in [4.69, 9.17) is 16.0 Å². The van der Waals surface area contributed by atoms with Crippen molar-refractivity contribution in [3.8, 4) is 0 Å². The number of hydrogen-bond donors (Lipinski definition) is 2. The minimum absolute atomic E-state index is 0.0225. The highest BCUT2D eigenvalue weighted by molar-refractivity contribution is 7.99. The monoisotopic (exact) mass is 393 g/mol. The maximum absolute atomic E-state index is 11.7. The van der Waals surface area contributed by atoms with E-state index in [2.05, 4.69) is 20.3 Å². The van der Waals surface area contributed by atoms with Crippen molar-refractivity contribution in [1.82, 2.24) is 19.7 Å². The highest BCUT2D eigenvalue weighted by Gasteiger charge is 2.13. The standard InChI is InChI=1S/C15H12ClN5O4S/c16-10-4-2-1-3-9(10)11(20-24)8-26-15-19-18-13(25-15)7-21-6-5-12(22)17-14(21)23/h1-6,24H,7-8H2,(H,17,22,23)/b20-11-. The van der Waals surface area contributed by atoms with Gasteiger partial charge in [-0.15, -0.1) is 10.2 Å². The Morgan fingerprint density at radius 3 is 2.85 bits per heavy atom.